The fraction of sp³-hybridized carbons (Fsp3) is 0.288. The molecule has 3 aromatic heterocycles. The molecular weight excluding hydrogens is 955 g/mol. The zero-order valence-corrected chi connectivity index (χ0v) is 45.7. The molecule has 0 bridgehead atoms. The Kier molecular flexibility index (Phi) is 17.9. The number of carbonyl (C=O) groups is 2. The number of fused-ring (bicyclic) bond motifs is 2. The molecule has 0 radical (unpaired) electrons. The normalized spacial score (nSPS) is 11.8. The number of likely N-dealkylation sites (N-methyl/N-ethyl adjacent to an activating group) is 4. The monoisotopic (exact) mass is 1030 g/mol. The fourth-order valence-electron chi connectivity index (χ4n) is 8.65. The smallest absolute Gasteiger partial charge is 0.247 e. The number of nitrogens with one attached hydrogen (secondary N) is 4. The number of anilines is 8. The van der Waals surface area contributed by atoms with Gasteiger partial charge in [-0.1, -0.05) is 61.7 Å². The van der Waals surface area contributed by atoms with E-state index in [0.717, 1.165) is 77.4 Å². The minimum absolute atomic E-state index is 0.0902. The number of hydrogen-bond donors (Lipinski definition) is 4. The van der Waals surface area contributed by atoms with Gasteiger partial charge in [0.2, 0.25) is 23.7 Å². The Morgan fingerprint density at radius 1 is 0.645 bits per heavy atom. The van der Waals surface area contributed by atoms with Crippen LogP contribution in [-0.2, 0) is 21.5 Å². The third-order valence-corrected chi connectivity index (χ3v) is 12.7. The second-order valence-electron chi connectivity index (χ2n) is 19.8. The number of nitrogens with zero attached hydrogens (tertiary/aromatic N) is 9. The topological polar surface area (TPSA) is 170 Å². The summed E-state index contributed by atoms with van der Waals surface area (Å²) in [4.78, 5) is 51.4. The molecule has 396 valence electrons. The van der Waals surface area contributed by atoms with Gasteiger partial charge in [0.15, 0.2) is 0 Å². The molecule has 1 aliphatic rings. The van der Waals surface area contributed by atoms with E-state index >= 15 is 0 Å². The zero-order chi connectivity index (χ0) is 54.7. The first-order valence-corrected chi connectivity index (χ1v) is 25.0. The number of allylic oxidation sites excluding steroid dienone is 1. The van der Waals surface area contributed by atoms with Crippen LogP contribution in [0.25, 0.3) is 27.7 Å². The lowest BCUT2D eigenvalue weighted by Gasteiger charge is -2.26. The Bertz CT molecular complexity index is 3250. The summed E-state index contributed by atoms with van der Waals surface area (Å²) in [6, 6.07) is 28.0. The van der Waals surface area contributed by atoms with Crippen molar-refractivity contribution in [1.82, 2.24) is 34.3 Å². The Hall–Kier alpha value is -8.54. The lowest BCUT2D eigenvalue weighted by atomic mass is 10.0. The highest BCUT2D eigenvalue weighted by Crippen LogP contribution is 2.41. The van der Waals surface area contributed by atoms with Crippen molar-refractivity contribution in [2.24, 2.45) is 0 Å². The SMILES string of the molecule is C=CC(=O)Nc1cc(Nc2nccc(-c3cn(C(C)(C)C)c4ccccc34)n2)c(OC)cc1N(C)CCN(C)C.C=CC(=O)Nc1cc(Nc2nccc(C3=CCc4ccccc43)n2)c(OC)cc1N(C)CCN(C)C. The number of para-hydroxylation sites is 1. The van der Waals surface area contributed by atoms with Crippen LogP contribution in [0.15, 0.2) is 135 Å². The van der Waals surface area contributed by atoms with Gasteiger partial charge in [0, 0.05) is 98.6 Å². The van der Waals surface area contributed by atoms with Crippen molar-refractivity contribution in [1.29, 1.82) is 0 Å². The summed E-state index contributed by atoms with van der Waals surface area (Å²) in [6.45, 7) is 17.0. The van der Waals surface area contributed by atoms with Crippen LogP contribution in [0.3, 0.4) is 0 Å². The third kappa shape index (κ3) is 13.4. The molecule has 4 N–H and O–H groups in total. The average Bonchev–Trinajstić information content (AvgIpc) is 4.04. The molecule has 2 amide bonds. The molecule has 4 aromatic carbocycles. The minimum Gasteiger partial charge on any atom is -0.494 e. The predicted molar refractivity (Wildman–Crippen MR) is 311 cm³/mol. The molecule has 0 atom stereocenters. The summed E-state index contributed by atoms with van der Waals surface area (Å²) in [5.74, 6) is 1.47. The van der Waals surface area contributed by atoms with Crippen molar-refractivity contribution >= 4 is 74.3 Å². The number of methoxy groups -OCH3 is 2. The first kappa shape index (κ1) is 55.2. The number of carbonyl (C=O) groups excluding carboxylic acids is 2. The Balaban J connectivity index is 0.000000222. The molecule has 0 spiro atoms. The van der Waals surface area contributed by atoms with E-state index in [4.69, 9.17) is 19.4 Å². The van der Waals surface area contributed by atoms with E-state index in [1.165, 1.54) is 23.3 Å². The number of amides is 2. The van der Waals surface area contributed by atoms with Crippen LogP contribution in [0.4, 0.5) is 46.0 Å². The summed E-state index contributed by atoms with van der Waals surface area (Å²) in [7, 11) is 15.3. The summed E-state index contributed by atoms with van der Waals surface area (Å²) in [5, 5.41) is 13.6. The van der Waals surface area contributed by atoms with Crippen molar-refractivity contribution < 1.29 is 19.1 Å². The Labute approximate surface area is 447 Å². The van der Waals surface area contributed by atoms with Crippen molar-refractivity contribution in [2.75, 3.05) is 114 Å². The highest BCUT2D eigenvalue weighted by molar-refractivity contribution is 6.03. The van der Waals surface area contributed by atoms with Crippen molar-refractivity contribution in [3.05, 3.63) is 152 Å². The van der Waals surface area contributed by atoms with Crippen molar-refractivity contribution in [2.45, 2.75) is 32.7 Å². The summed E-state index contributed by atoms with van der Waals surface area (Å²) < 4.78 is 13.7. The maximum absolute atomic E-state index is 12.3. The van der Waals surface area contributed by atoms with Crippen LogP contribution >= 0.6 is 0 Å². The Morgan fingerprint density at radius 2 is 1.14 bits per heavy atom. The standard InChI is InChI=1S/C31H39N7O2.C28H32N6O2/c1-9-29(39)33-24-18-25(28(40-8)19-27(24)37(7)17-16-36(5)6)35-30-32-15-14-23(34-30)22-20-38(31(2,3)4)26-13-11-10-12-21(22)26;1-6-27(35)30-23-17-24(26(36-5)18-25(23)34(4)16-15-33(2)3)32-28-29-14-13-22(31-28)21-12-11-19-9-7-8-10-20(19)21/h9-15,18-20H,1,16-17H2,2-8H3,(H,33,39)(H,32,34,35);6-10,12-14,17-18H,1,11,15-16H2,2-5H3,(H,30,35)(H,29,31,32). The summed E-state index contributed by atoms with van der Waals surface area (Å²) in [6.07, 6.45) is 11.2. The number of ether oxygens (including phenoxy) is 2. The van der Waals surface area contributed by atoms with E-state index in [-0.39, 0.29) is 17.4 Å². The van der Waals surface area contributed by atoms with Gasteiger partial charge in [-0.05, 0) is 109 Å². The summed E-state index contributed by atoms with van der Waals surface area (Å²) >= 11 is 0. The molecule has 0 fully saturated rings. The van der Waals surface area contributed by atoms with Gasteiger partial charge >= 0.3 is 0 Å². The number of hydrogen-bond acceptors (Lipinski definition) is 14. The van der Waals surface area contributed by atoms with Gasteiger partial charge in [-0.3, -0.25) is 9.59 Å². The first-order valence-electron chi connectivity index (χ1n) is 25.0. The van der Waals surface area contributed by atoms with E-state index < -0.39 is 0 Å². The minimum atomic E-state index is -0.299. The summed E-state index contributed by atoms with van der Waals surface area (Å²) in [5.41, 5.74) is 11.5. The predicted octanol–water partition coefficient (Wildman–Crippen LogP) is 10.1. The van der Waals surface area contributed by atoms with E-state index in [0.29, 0.717) is 46.1 Å². The molecule has 76 heavy (non-hydrogen) atoms. The fourth-order valence-corrected chi connectivity index (χ4v) is 8.65. The zero-order valence-electron chi connectivity index (χ0n) is 45.7. The second-order valence-corrected chi connectivity index (χ2v) is 19.8. The molecule has 7 aromatic rings. The molecule has 3 heterocycles. The highest BCUT2D eigenvalue weighted by Gasteiger charge is 2.23. The molecule has 0 unspecified atom stereocenters. The quantitative estimate of drug-likeness (QED) is 0.0532. The second kappa shape index (κ2) is 24.7. The van der Waals surface area contributed by atoms with Crippen LogP contribution in [0.5, 0.6) is 11.5 Å². The van der Waals surface area contributed by atoms with Gasteiger partial charge in [0.25, 0.3) is 0 Å². The number of rotatable bonds is 20. The van der Waals surface area contributed by atoms with Gasteiger partial charge in [-0.25, -0.2) is 19.9 Å². The molecular formula is C59H71N13O4. The van der Waals surface area contributed by atoms with Gasteiger partial charge in [0.1, 0.15) is 11.5 Å². The highest BCUT2D eigenvalue weighted by atomic mass is 16.5. The average molecular weight is 1030 g/mol. The van der Waals surface area contributed by atoms with Gasteiger partial charge < -0.3 is 54.9 Å². The van der Waals surface area contributed by atoms with Crippen molar-refractivity contribution in [3.63, 3.8) is 0 Å². The molecule has 0 saturated carbocycles. The molecule has 1 aliphatic carbocycles. The largest absolute Gasteiger partial charge is 0.494 e. The van der Waals surface area contributed by atoms with Crippen LogP contribution in [0.1, 0.15) is 37.6 Å². The maximum atomic E-state index is 12.3. The van der Waals surface area contributed by atoms with Gasteiger partial charge in [-0.15, -0.1) is 0 Å². The van der Waals surface area contributed by atoms with Crippen LogP contribution in [0.2, 0.25) is 0 Å². The lowest BCUT2D eigenvalue weighted by Crippen LogP contribution is -2.29. The molecule has 0 saturated heterocycles. The number of aromatic nitrogens is 5. The third-order valence-electron chi connectivity index (χ3n) is 12.7. The first-order chi connectivity index (χ1) is 36.4. The van der Waals surface area contributed by atoms with E-state index in [1.807, 2.05) is 90.8 Å². The van der Waals surface area contributed by atoms with E-state index in [1.54, 1.807) is 26.6 Å². The van der Waals surface area contributed by atoms with Gasteiger partial charge in [0.05, 0.1) is 59.7 Å². The number of benzene rings is 4. The van der Waals surface area contributed by atoms with Crippen LogP contribution in [0, 0.1) is 0 Å². The molecule has 17 nitrogen and oxygen atoms in total. The lowest BCUT2D eigenvalue weighted by molar-refractivity contribution is -0.112. The van der Waals surface area contributed by atoms with E-state index in [2.05, 4.69) is 138 Å². The Morgan fingerprint density at radius 3 is 1.66 bits per heavy atom. The van der Waals surface area contributed by atoms with Gasteiger partial charge in [-0.2, -0.15) is 0 Å². The molecule has 8 rings (SSSR count). The van der Waals surface area contributed by atoms with E-state index in [9.17, 15) is 9.59 Å². The maximum Gasteiger partial charge on any atom is 0.247 e. The van der Waals surface area contributed by atoms with Crippen molar-refractivity contribution in [3.8, 4) is 22.8 Å². The molecule has 17 heteroatoms. The van der Waals surface area contributed by atoms with Crippen LogP contribution < -0.4 is 40.5 Å². The molecule has 0 aliphatic heterocycles. The van der Waals surface area contributed by atoms with Crippen LogP contribution in [-0.4, -0.2) is 129 Å².